The van der Waals surface area contributed by atoms with Gasteiger partial charge in [-0.05, 0) is 39.2 Å². The third-order valence-electron chi connectivity index (χ3n) is 4.08. The number of aryl methyl sites for hydroxylation is 2. The first-order valence-electron chi connectivity index (χ1n) is 7.03. The predicted octanol–water partition coefficient (Wildman–Crippen LogP) is 1.47. The highest BCUT2D eigenvalue weighted by atomic mass is 16.5. The van der Waals surface area contributed by atoms with Crippen LogP contribution in [0, 0.1) is 19.8 Å². The topological polar surface area (TPSA) is 81.2 Å². The van der Waals surface area contributed by atoms with Crippen LogP contribution in [0.2, 0.25) is 0 Å². The molecule has 1 amide bonds. The fraction of sp³-hybridized carbons (Fsp3) is 0.714. The Kier molecular flexibility index (Phi) is 4.58. The van der Waals surface area contributed by atoms with Crippen molar-refractivity contribution < 1.29 is 9.32 Å². The average Bonchev–Trinajstić information content (AvgIpc) is 2.71. The maximum atomic E-state index is 12.1. The molecular weight excluding hydrogens is 242 g/mol. The van der Waals surface area contributed by atoms with Gasteiger partial charge in [-0.3, -0.25) is 4.79 Å². The summed E-state index contributed by atoms with van der Waals surface area (Å²) >= 11 is 0. The van der Waals surface area contributed by atoms with E-state index in [9.17, 15) is 4.79 Å². The molecular formula is C14H23N3O2. The molecule has 2 rings (SSSR count). The summed E-state index contributed by atoms with van der Waals surface area (Å²) in [7, 11) is 0. The number of carbonyl (C=O) groups excluding carboxylic acids is 1. The van der Waals surface area contributed by atoms with Crippen molar-refractivity contribution in [2.45, 2.75) is 52.0 Å². The first-order chi connectivity index (χ1) is 9.11. The van der Waals surface area contributed by atoms with Gasteiger partial charge < -0.3 is 15.6 Å². The number of hydrogen-bond donors (Lipinski definition) is 2. The molecule has 1 aliphatic carbocycles. The van der Waals surface area contributed by atoms with Crippen molar-refractivity contribution in [2.24, 2.45) is 11.7 Å². The monoisotopic (exact) mass is 265 g/mol. The molecule has 1 aliphatic rings. The van der Waals surface area contributed by atoms with Crippen molar-refractivity contribution in [3.05, 3.63) is 17.0 Å². The lowest BCUT2D eigenvalue weighted by Gasteiger charge is -2.31. The largest absolute Gasteiger partial charge is 0.361 e. The minimum Gasteiger partial charge on any atom is -0.361 e. The quantitative estimate of drug-likeness (QED) is 0.863. The van der Waals surface area contributed by atoms with Gasteiger partial charge in [0, 0.05) is 11.6 Å². The fourth-order valence-electron chi connectivity index (χ4n) is 2.85. The van der Waals surface area contributed by atoms with Gasteiger partial charge in [-0.25, -0.2) is 0 Å². The lowest BCUT2D eigenvalue weighted by Crippen LogP contribution is -2.45. The average molecular weight is 265 g/mol. The van der Waals surface area contributed by atoms with Gasteiger partial charge in [-0.15, -0.1) is 0 Å². The van der Waals surface area contributed by atoms with E-state index in [2.05, 4.69) is 10.5 Å². The molecule has 0 spiro atoms. The third-order valence-corrected chi connectivity index (χ3v) is 4.08. The zero-order valence-corrected chi connectivity index (χ0v) is 11.7. The lowest BCUT2D eigenvalue weighted by atomic mass is 9.84. The standard InChI is InChI=1S/C14H23N3O2/c1-9-12(10(2)19-17-9)7-14(18)16-13-6-4-3-5-11(13)8-15/h11,13H,3-8,15H2,1-2H3,(H,16,18). The Morgan fingerprint density at radius 1 is 1.42 bits per heavy atom. The Morgan fingerprint density at radius 3 is 2.79 bits per heavy atom. The van der Waals surface area contributed by atoms with Crippen molar-refractivity contribution >= 4 is 5.91 Å². The maximum Gasteiger partial charge on any atom is 0.224 e. The number of rotatable bonds is 4. The van der Waals surface area contributed by atoms with E-state index in [1.54, 1.807) is 0 Å². The van der Waals surface area contributed by atoms with E-state index < -0.39 is 0 Å². The van der Waals surface area contributed by atoms with E-state index >= 15 is 0 Å². The molecule has 2 unspecified atom stereocenters. The Morgan fingerprint density at radius 2 is 2.16 bits per heavy atom. The highest BCUT2D eigenvalue weighted by Crippen LogP contribution is 2.23. The molecule has 106 valence electrons. The smallest absolute Gasteiger partial charge is 0.224 e. The fourth-order valence-corrected chi connectivity index (χ4v) is 2.85. The van der Waals surface area contributed by atoms with Crippen LogP contribution in [-0.2, 0) is 11.2 Å². The van der Waals surface area contributed by atoms with E-state index in [0.29, 0.717) is 18.9 Å². The molecule has 1 fully saturated rings. The summed E-state index contributed by atoms with van der Waals surface area (Å²) in [5.74, 6) is 1.19. The third kappa shape index (κ3) is 3.35. The van der Waals surface area contributed by atoms with Gasteiger partial charge in [-0.1, -0.05) is 18.0 Å². The highest BCUT2D eigenvalue weighted by Gasteiger charge is 2.25. The predicted molar refractivity (Wildman–Crippen MR) is 72.6 cm³/mol. The van der Waals surface area contributed by atoms with Gasteiger partial charge in [0.1, 0.15) is 5.76 Å². The molecule has 0 radical (unpaired) electrons. The number of aromatic nitrogens is 1. The van der Waals surface area contributed by atoms with E-state index in [4.69, 9.17) is 10.3 Å². The molecule has 2 atom stereocenters. The Bertz CT molecular complexity index is 422. The molecule has 0 bridgehead atoms. The molecule has 5 heteroatoms. The summed E-state index contributed by atoms with van der Waals surface area (Å²) in [5.41, 5.74) is 7.48. The van der Waals surface area contributed by atoms with Gasteiger partial charge in [0.15, 0.2) is 0 Å². The minimum absolute atomic E-state index is 0.0414. The van der Waals surface area contributed by atoms with Gasteiger partial charge >= 0.3 is 0 Å². The van der Waals surface area contributed by atoms with Crippen LogP contribution in [-0.4, -0.2) is 23.7 Å². The molecule has 0 saturated heterocycles. The molecule has 1 saturated carbocycles. The summed E-state index contributed by atoms with van der Waals surface area (Å²) in [4.78, 5) is 12.1. The number of amides is 1. The SMILES string of the molecule is Cc1noc(C)c1CC(=O)NC1CCCCC1CN. The molecule has 19 heavy (non-hydrogen) atoms. The Labute approximate surface area is 113 Å². The molecule has 0 aromatic carbocycles. The Balaban J connectivity index is 1.93. The first kappa shape index (κ1) is 14.1. The van der Waals surface area contributed by atoms with Crippen molar-refractivity contribution in [3.8, 4) is 0 Å². The lowest BCUT2D eigenvalue weighted by molar-refractivity contribution is -0.121. The second kappa shape index (κ2) is 6.19. The van der Waals surface area contributed by atoms with Crippen molar-refractivity contribution in [3.63, 3.8) is 0 Å². The molecule has 1 aromatic heterocycles. The van der Waals surface area contributed by atoms with Gasteiger partial charge in [0.25, 0.3) is 0 Å². The second-order valence-electron chi connectivity index (χ2n) is 5.43. The number of nitrogens with two attached hydrogens (primary N) is 1. The summed E-state index contributed by atoms with van der Waals surface area (Å²) in [6, 6.07) is 0.228. The van der Waals surface area contributed by atoms with E-state index in [1.807, 2.05) is 13.8 Å². The second-order valence-corrected chi connectivity index (χ2v) is 5.43. The van der Waals surface area contributed by atoms with Gasteiger partial charge in [0.2, 0.25) is 5.91 Å². The molecule has 1 heterocycles. The summed E-state index contributed by atoms with van der Waals surface area (Å²) < 4.78 is 5.08. The maximum absolute atomic E-state index is 12.1. The van der Waals surface area contributed by atoms with Crippen molar-refractivity contribution in [1.82, 2.24) is 10.5 Å². The number of hydrogen-bond acceptors (Lipinski definition) is 4. The van der Waals surface area contributed by atoms with E-state index in [0.717, 1.165) is 29.9 Å². The van der Waals surface area contributed by atoms with Crippen LogP contribution >= 0.6 is 0 Å². The van der Waals surface area contributed by atoms with Crippen LogP contribution in [0.15, 0.2) is 4.52 Å². The van der Waals surface area contributed by atoms with Crippen LogP contribution in [0.5, 0.6) is 0 Å². The van der Waals surface area contributed by atoms with Crippen LogP contribution < -0.4 is 11.1 Å². The number of carbonyl (C=O) groups is 1. The minimum atomic E-state index is 0.0414. The van der Waals surface area contributed by atoms with Crippen molar-refractivity contribution in [1.29, 1.82) is 0 Å². The first-order valence-corrected chi connectivity index (χ1v) is 7.03. The van der Waals surface area contributed by atoms with Crippen LogP contribution in [0.4, 0.5) is 0 Å². The van der Waals surface area contributed by atoms with Gasteiger partial charge in [0.05, 0.1) is 12.1 Å². The molecule has 3 N–H and O–H groups in total. The van der Waals surface area contributed by atoms with Gasteiger partial charge in [-0.2, -0.15) is 0 Å². The van der Waals surface area contributed by atoms with Crippen molar-refractivity contribution in [2.75, 3.05) is 6.54 Å². The molecule has 0 aliphatic heterocycles. The zero-order chi connectivity index (χ0) is 13.8. The summed E-state index contributed by atoms with van der Waals surface area (Å²) in [5, 5.41) is 7.00. The highest BCUT2D eigenvalue weighted by molar-refractivity contribution is 5.79. The number of nitrogens with zero attached hydrogens (tertiary/aromatic N) is 1. The van der Waals surface area contributed by atoms with Crippen LogP contribution in [0.1, 0.15) is 42.7 Å². The van der Waals surface area contributed by atoms with E-state index in [-0.39, 0.29) is 11.9 Å². The zero-order valence-electron chi connectivity index (χ0n) is 11.7. The molecule has 5 nitrogen and oxygen atoms in total. The van der Waals surface area contributed by atoms with Crippen LogP contribution in [0.3, 0.4) is 0 Å². The molecule has 1 aromatic rings. The van der Waals surface area contributed by atoms with E-state index in [1.165, 1.54) is 12.8 Å². The summed E-state index contributed by atoms with van der Waals surface area (Å²) in [6.45, 7) is 4.35. The van der Waals surface area contributed by atoms with Crippen LogP contribution in [0.25, 0.3) is 0 Å². The summed E-state index contributed by atoms with van der Waals surface area (Å²) in [6.07, 6.45) is 4.89. The number of nitrogens with one attached hydrogen (secondary N) is 1. The normalized spacial score (nSPS) is 23.3. The Hall–Kier alpha value is -1.36.